The van der Waals surface area contributed by atoms with E-state index in [4.69, 9.17) is 28.6 Å². The van der Waals surface area contributed by atoms with E-state index in [9.17, 15) is 19.4 Å². The molecule has 1 aliphatic carbocycles. The lowest BCUT2D eigenvalue weighted by atomic mass is 10.1. The molecule has 19 heteroatoms. The summed E-state index contributed by atoms with van der Waals surface area (Å²) in [4.78, 5) is 41.8. The number of nitrogens with two attached hydrogens (primary N) is 1. The second-order valence-electron chi connectivity index (χ2n) is 9.78. The van der Waals surface area contributed by atoms with E-state index in [0.29, 0.717) is 24.5 Å². The highest BCUT2D eigenvalue weighted by Gasteiger charge is 2.48. The van der Waals surface area contributed by atoms with E-state index >= 15 is 0 Å². The average molecular weight is 598 g/mol. The van der Waals surface area contributed by atoms with Crippen LogP contribution in [0.3, 0.4) is 0 Å². The van der Waals surface area contributed by atoms with Gasteiger partial charge in [0.25, 0.3) is 5.56 Å². The van der Waals surface area contributed by atoms with E-state index in [1.807, 2.05) is 0 Å². The molecule has 17 nitrogen and oxygen atoms in total. The van der Waals surface area contributed by atoms with E-state index in [1.165, 1.54) is 10.9 Å². The first-order valence-corrected chi connectivity index (χ1v) is 14.8. The van der Waals surface area contributed by atoms with Crippen LogP contribution in [-0.2, 0) is 27.4 Å². The van der Waals surface area contributed by atoms with Crippen LogP contribution in [-0.4, -0.2) is 83.2 Å². The fraction of sp³-hybridized carbons (Fsp3) is 0.571. The van der Waals surface area contributed by atoms with Gasteiger partial charge >= 0.3 is 7.82 Å². The highest BCUT2D eigenvalue weighted by atomic mass is 31.2. The summed E-state index contributed by atoms with van der Waals surface area (Å²) in [6, 6.07) is 1.64. The number of rotatable bonds is 3. The van der Waals surface area contributed by atoms with Gasteiger partial charge in [-0.1, -0.05) is 0 Å². The maximum Gasteiger partial charge on any atom is 0.472 e. The molecule has 6 rings (SSSR count). The number of aryl methyl sites for hydroxylation is 1. The zero-order chi connectivity index (χ0) is 28.0. The van der Waals surface area contributed by atoms with Crippen molar-refractivity contribution in [3.63, 3.8) is 0 Å². The average Bonchev–Trinajstić information content (AvgIpc) is 3.56. The summed E-state index contributed by atoms with van der Waals surface area (Å²) >= 11 is 0. The van der Waals surface area contributed by atoms with Crippen molar-refractivity contribution in [2.75, 3.05) is 24.3 Å². The van der Waals surface area contributed by atoms with Gasteiger partial charge in [-0.3, -0.25) is 23.4 Å². The summed E-state index contributed by atoms with van der Waals surface area (Å²) in [6.45, 7) is 1.46. The smallest absolute Gasteiger partial charge is 0.387 e. The minimum atomic E-state index is -4.56. The zero-order valence-corrected chi connectivity index (χ0v) is 23.0. The van der Waals surface area contributed by atoms with Gasteiger partial charge < -0.3 is 34.8 Å². The monoisotopic (exact) mass is 598 g/mol. The lowest BCUT2D eigenvalue weighted by Gasteiger charge is -2.24. The molecule has 5 heterocycles. The van der Waals surface area contributed by atoms with Crippen LogP contribution in [0.1, 0.15) is 24.9 Å². The maximum absolute atomic E-state index is 12.9. The van der Waals surface area contributed by atoms with Gasteiger partial charge in [0, 0.05) is 18.2 Å². The molecule has 40 heavy (non-hydrogen) atoms. The number of hydrogen-bond donors (Lipinski definition) is 5. The Hall–Kier alpha value is -2.59. The van der Waals surface area contributed by atoms with Gasteiger partial charge in [-0.15, -0.1) is 0 Å². The number of nitrogens with zero attached hydrogens (tertiary/aromatic N) is 5. The van der Waals surface area contributed by atoms with E-state index in [0.717, 1.165) is 0 Å². The van der Waals surface area contributed by atoms with Crippen LogP contribution in [0, 0.1) is 12.8 Å². The van der Waals surface area contributed by atoms with Gasteiger partial charge in [0.05, 0.1) is 25.6 Å². The molecule has 0 amide bonds. The molecule has 3 aromatic rings. The zero-order valence-electron chi connectivity index (χ0n) is 21.1. The lowest BCUT2D eigenvalue weighted by Crippen LogP contribution is -2.34. The molecular formula is C21H28N8O9P2. The molecule has 216 valence electrons. The number of hydrogen-bond acceptors (Lipinski definition) is 14. The van der Waals surface area contributed by atoms with Crippen molar-refractivity contribution in [1.29, 1.82) is 0 Å². The Labute approximate surface area is 228 Å². The molecule has 6 N–H and O–H groups in total. The van der Waals surface area contributed by atoms with Crippen LogP contribution in [0.2, 0.25) is 0 Å². The first kappa shape index (κ1) is 27.6. The number of aliphatic hydroxyl groups excluding tert-OH is 1. The number of H-pyrrole nitrogens is 1. The Morgan fingerprint density at radius 3 is 2.92 bits per heavy atom. The number of phosphoric acid groups is 1. The summed E-state index contributed by atoms with van der Waals surface area (Å²) in [5, 5.41) is 14.3. The molecule has 0 radical (unpaired) electrons. The minimum Gasteiger partial charge on any atom is -0.387 e. The largest absolute Gasteiger partial charge is 0.472 e. The summed E-state index contributed by atoms with van der Waals surface area (Å²) in [6.07, 6.45) is -1.12. The van der Waals surface area contributed by atoms with E-state index < -0.39 is 59.7 Å². The third kappa shape index (κ3) is 5.62. The molecule has 2 unspecified atom stereocenters. The summed E-state index contributed by atoms with van der Waals surface area (Å²) < 4.78 is 42.9. The Balaban J connectivity index is 1.21. The van der Waals surface area contributed by atoms with Crippen molar-refractivity contribution >= 4 is 39.8 Å². The molecule has 0 spiro atoms. The van der Waals surface area contributed by atoms with Crippen LogP contribution in [0.5, 0.6) is 0 Å². The number of imidazole rings is 1. The third-order valence-corrected chi connectivity index (χ3v) is 8.67. The van der Waals surface area contributed by atoms with Crippen molar-refractivity contribution < 1.29 is 37.4 Å². The molecule has 0 aromatic carbocycles. The molecular weight excluding hydrogens is 570 g/mol. The van der Waals surface area contributed by atoms with Crippen LogP contribution in [0.4, 0.5) is 11.8 Å². The highest BCUT2D eigenvalue weighted by Crippen LogP contribution is 2.50. The summed E-state index contributed by atoms with van der Waals surface area (Å²) in [5.41, 5.74) is 5.29. The second kappa shape index (κ2) is 11.0. The number of fused-ring (bicyclic) bond motifs is 4. The second-order valence-corrected chi connectivity index (χ2v) is 11.9. The topological polar surface area (TPSA) is 231 Å². The van der Waals surface area contributed by atoms with Crippen LogP contribution in [0.25, 0.3) is 11.2 Å². The Bertz CT molecular complexity index is 1490. The Morgan fingerprint density at radius 2 is 2.10 bits per heavy atom. The fourth-order valence-electron chi connectivity index (χ4n) is 5.19. The summed E-state index contributed by atoms with van der Waals surface area (Å²) in [7, 11) is -5.07. The first-order chi connectivity index (χ1) is 19.2. The molecule has 2 saturated heterocycles. The van der Waals surface area contributed by atoms with Crippen molar-refractivity contribution in [3.05, 3.63) is 34.8 Å². The van der Waals surface area contributed by atoms with Crippen molar-refractivity contribution in [2.24, 2.45) is 5.92 Å². The van der Waals surface area contributed by atoms with Crippen molar-refractivity contribution in [1.82, 2.24) is 29.5 Å². The fourth-order valence-corrected chi connectivity index (χ4v) is 6.90. The van der Waals surface area contributed by atoms with E-state index in [2.05, 4.69) is 30.2 Å². The lowest BCUT2D eigenvalue weighted by molar-refractivity contribution is -0.0523. The van der Waals surface area contributed by atoms with Gasteiger partial charge in [0.15, 0.2) is 26.4 Å². The molecule has 3 aliphatic rings. The predicted molar refractivity (Wildman–Crippen MR) is 139 cm³/mol. The molecule has 2 aliphatic heterocycles. The van der Waals surface area contributed by atoms with Gasteiger partial charge in [0.2, 0.25) is 5.95 Å². The van der Waals surface area contributed by atoms with Crippen LogP contribution < -0.4 is 16.6 Å². The standard InChI is InChI=1S/C21H28N8O9P2/c1-9-23-3-2-14(25-9)26-11-4-10-6-34-39-37-17-16(30)13(7-35-40(32,33)38-12(10)5-11)36-20(17)29-8-24-15-18(29)27-21(22)28-19(15)31/h2-3,8,10-13,16-17,20,30,39H,4-7H2,1H3,(H,32,33)(H,23,25,26)(H3,22,27,28,31)/t10-,11-,12+,13-,16-,17-,20-/m1/s1. The minimum absolute atomic E-state index is 0.0136. The number of phosphoric ester groups is 1. The number of nitrogen functional groups attached to an aromatic ring is 1. The Kier molecular flexibility index (Phi) is 7.59. The number of anilines is 2. The quantitative estimate of drug-likeness (QED) is 0.256. The Morgan fingerprint density at radius 1 is 1.25 bits per heavy atom. The van der Waals surface area contributed by atoms with Crippen molar-refractivity contribution in [2.45, 2.75) is 56.5 Å². The van der Waals surface area contributed by atoms with Crippen molar-refractivity contribution in [3.8, 4) is 0 Å². The predicted octanol–water partition coefficient (Wildman–Crippen LogP) is 0.375. The molecule has 1 saturated carbocycles. The molecule has 2 bridgehead atoms. The number of aliphatic hydroxyl groups is 1. The summed E-state index contributed by atoms with van der Waals surface area (Å²) in [5.74, 6) is 0.866. The third-order valence-electron chi connectivity index (χ3n) is 7.01. The molecule has 3 aromatic heterocycles. The highest BCUT2D eigenvalue weighted by molar-refractivity contribution is 7.47. The van der Waals surface area contributed by atoms with E-state index in [-0.39, 0.29) is 35.7 Å². The van der Waals surface area contributed by atoms with Gasteiger partial charge in [-0.2, -0.15) is 4.98 Å². The first-order valence-electron chi connectivity index (χ1n) is 12.5. The van der Waals surface area contributed by atoms with E-state index in [1.54, 1.807) is 19.2 Å². The van der Waals surface area contributed by atoms with Gasteiger partial charge in [0.1, 0.15) is 30.0 Å². The number of aromatic nitrogens is 6. The van der Waals surface area contributed by atoms with Gasteiger partial charge in [-0.05, 0) is 25.8 Å². The normalized spacial score (nSPS) is 35.6. The number of aromatic amines is 1. The van der Waals surface area contributed by atoms with Crippen LogP contribution >= 0.6 is 16.9 Å². The molecule has 3 fully saturated rings. The maximum atomic E-state index is 12.9. The SMILES string of the molecule is Cc1nccc(N[C@@H]2C[C@@H]3COPO[C@@H]4[C@H](O)[C@@H](COP(=O)(O)O[C@H]3C2)O[C@H]4n2cnc3c(=O)[nH]c(N)nc32)n1. The van der Waals surface area contributed by atoms with Crippen LogP contribution in [0.15, 0.2) is 23.4 Å². The number of nitrogens with one attached hydrogen (secondary N) is 2. The van der Waals surface area contributed by atoms with Gasteiger partial charge in [-0.25, -0.2) is 19.5 Å². The number of ether oxygens (including phenoxy) is 1. The molecule has 9 atom stereocenters.